The molecule has 4 rings (SSSR count). The maximum absolute atomic E-state index is 10.8. The van der Waals surface area contributed by atoms with E-state index >= 15 is 0 Å². The molecule has 29 heavy (non-hydrogen) atoms. The average Bonchev–Trinajstić information content (AvgIpc) is 2.97. The topological polar surface area (TPSA) is 73.2 Å². The van der Waals surface area contributed by atoms with Crippen LogP contribution in [0.3, 0.4) is 0 Å². The number of nitrogens with zero attached hydrogens (tertiary/aromatic N) is 1. The lowest BCUT2D eigenvalue weighted by Crippen LogP contribution is -2.41. The average molecular weight is 398 g/mol. The van der Waals surface area contributed by atoms with Gasteiger partial charge in [0.2, 0.25) is 0 Å². The zero-order valence-electron chi connectivity index (χ0n) is 17.0. The summed E-state index contributed by atoms with van der Waals surface area (Å²) >= 11 is 0. The van der Waals surface area contributed by atoms with Crippen molar-refractivity contribution in [2.75, 3.05) is 13.7 Å². The van der Waals surface area contributed by atoms with Crippen molar-refractivity contribution in [3.63, 3.8) is 0 Å². The zero-order valence-corrected chi connectivity index (χ0v) is 17.0. The third kappa shape index (κ3) is 4.05. The lowest BCUT2D eigenvalue weighted by molar-refractivity contribution is 0.0178. The number of benzene rings is 2. The van der Waals surface area contributed by atoms with E-state index in [4.69, 9.17) is 4.74 Å². The fraction of sp³-hybridized carbons (Fsp3) is 0.500. The molecule has 0 saturated carbocycles. The van der Waals surface area contributed by atoms with Gasteiger partial charge < -0.3 is 20.1 Å². The molecule has 1 aliphatic heterocycles. The Morgan fingerprint density at radius 3 is 2.28 bits per heavy atom. The summed E-state index contributed by atoms with van der Waals surface area (Å²) in [6.07, 6.45) is 3.32. The van der Waals surface area contributed by atoms with Crippen molar-refractivity contribution in [1.29, 1.82) is 0 Å². The van der Waals surface area contributed by atoms with E-state index in [0.29, 0.717) is 13.0 Å². The minimum atomic E-state index is -0.975. The largest absolute Gasteiger partial charge is 0.496 e. The van der Waals surface area contributed by atoms with Crippen molar-refractivity contribution in [2.24, 2.45) is 0 Å². The molecular weight excluding hydrogens is 366 g/mol. The van der Waals surface area contributed by atoms with E-state index in [-0.39, 0.29) is 12.6 Å². The number of hydrogen-bond acceptors (Lipinski definition) is 5. The Kier molecular flexibility index (Phi) is 6.20. The summed E-state index contributed by atoms with van der Waals surface area (Å²) in [7, 11) is 1.69. The summed E-state index contributed by atoms with van der Waals surface area (Å²) in [6.45, 7) is 0.323. The molecule has 3 N–H and O–H groups in total. The summed E-state index contributed by atoms with van der Waals surface area (Å²) in [5.74, 6) is 0.844. The minimum absolute atomic E-state index is 0.198. The van der Waals surface area contributed by atoms with Gasteiger partial charge in [-0.15, -0.1) is 0 Å². The molecule has 0 spiro atoms. The van der Waals surface area contributed by atoms with Crippen LogP contribution in [0.25, 0.3) is 0 Å². The molecule has 1 saturated heterocycles. The van der Waals surface area contributed by atoms with Crippen LogP contribution in [0.4, 0.5) is 0 Å². The van der Waals surface area contributed by atoms with Crippen LogP contribution >= 0.6 is 0 Å². The highest BCUT2D eigenvalue weighted by molar-refractivity contribution is 5.44. The molecule has 1 heterocycles. The molecule has 0 unspecified atom stereocenters. The molecule has 5 nitrogen and oxygen atoms in total. The van der Waals surface area contributed by atoms with Gasteiger partial charge in [-0.2, -0.15) is 0 Å². The first kappa shape index (κ1) is 20.4. The Morgan fingerprint density at radius 1 is 0.966 bits per heavy atom. The summed E-state index contributed by atoms with van der Waals surface area (Å²) in [5, 5.41) is 31.3. The SMILES string of the molecule is COc1cc2c(cc1CN1[C@H](CO)[C@@H](O)[C@@H](O)[C@@H]1Cc1ccccc1)CCCC2. The molecule has 5 heteroatoms. The van der Waals surface area contributed by atoms with Gasteiger partial charge in [0.1, 0.15) is 5.75 Å². The molecule has 1 aliphatic carbocycles. The van der Waals surface area contributed by atoms with E-state index in [2.05, 4.69) is 17.0 Å². The molecule has 2 aliphatic rings. The Balaban J connectivity index is 1.65. The maximum Gasteiger partial charge on any atom is 0.123 e. The number of hydrogen-bond donors (Lipinski definition) is 3. The molecule has 1 fully saturated rings. The molecule has 0 radical (unpaired) electrons. The van der Waals surface area contributed by atoms with Crippen LogP contribution in [0.15, 0.2) is 42.5 Å². The van der Waals surface area contributed by atoms with Gasteiger partial charge in [0.25, 0.3) is 0 Å². The van der Waals surface area contributed by atoms with E-state index in [0.717, 1.165) is 29.7 Å². The standard InChI is InChI=1S/C24H31NO4/c1-29-22-13-18-10-6-5-9-17(18)12-19(22)14-25-20(11-16-7-3-2-4-8-16)23(27)24(28)21(25)15-26/h2-4,7-8,12-13,20-21,23-24,26-28H,5-6,9-11,14-15H2,1H3/t20-,21+,23-,24+/m0/s1. The van der Waals surface area contributed by atoms with Gasteiger partial charge in [-0.1, -0.05) is 36.4 Å². The van der Waals surface area contributed by atoms with Gasteiger partial charge in [-0.25, -0.2) is 0 Å². The molecule has 2 aromatic rings. The molecule has 4 atom stereocenters. The summed E-state index contributed by atoms with van der Waals surface area (Å²) in [5.41, 5.74) is 4.88. The van der Waals surface area contributed by atoms with Crippen LogP contribution in [0.5, 0.6) is 5.75 Å². The quantitative estimate of drug-likeness (QED) is 0.696. The third-order valence-corrected chi connectivity index (χ3v) is 6.56. The number of aliphatic hydroxyl groups excluding tert-OH is 3. The number of aliphatic hydroxyl groups is 3. The number of ether oxygens (including phenoxy) is 1. The monoisotopic (exact) mass is 397 g/mol. The Hall–Kier alpha value is -1.92. The van der Waals surface area contributed by atoms with Crippen LogP contribution in [0.2, 0.25) is 0 Å². The van der Waals surface area contributed by atoms with Crippen molar-refractivity contribution >= 4 is 0 Å². The first-order valence-electron chi connectivity index (χ1n) is 10.6. The summed E-state index contributed by atoms with van der Waals surface area (Å²) in [6, 6.07) is 13.6. The van der Waals surface area contributed by atoms with E-state index in [1.807, 2.05) is 30.3 Å². The number of rotatable bonds is 6. The van der Waals surface area contributed by atoms with E-state index in [1.54, 1.807) is 7.11 Å². The van der Waals surface area contributed by atoms with Gasteiger partial charge in [-0.3, -0.25) is 4.90 Å². The lowest BCUT2D eigenvalue weighted by Gasteiger charge is -2.31. The first-order chi connectivity index (χ1) is 14.1. The highest BCUT2D eigenvalue weighted by Crippen LogP contribution is 2.34. The highest BCUT2D eigenvalue weighted by atomic mass is 16.5. The minimum Gasteiger partial charge on any atom is -0.496 e. The van der Waals surface area contributed by atoms with Gasteiger partial charge in [0.15, 0.2) is 0 Å². The Labute approximate surface area is 172 Å². The van der Waals surface area contributed by atoms with Gasteiger partial charge in [0.05, 0.1) is 32.0 Å². The van der Waals surface area contributed by atoms with Crippen molar-refractivity contribution in [3.05, 3.63) is 64.7 Å². The fourth-order valence-corrected chi connectivity index (χ4v) is 4.96. The zero-order chi connectivity index (χ0) is 20.4. The maximum atomic E-state index is 10.8. The summed E-state index contributed by atoms with van der Waals surface area (Å²) in [4.78, 5) is 2.05. The molecule has 0 amide bonds. The van der Waals surface area contributed by atoms with Crippen LogP contribution < -0.4 is 4.74 Å². The first-order valence-corrected chi connectivity index (χ1v) is 10.6. The van der Waals surface area contributed by atoms with Crippen LogP contribution in [0, 0.1) is 0 Å². The van der Waals surface area contributed by atoms with Crippen molar-refractivity contribution < 1.29 is 20.1 Å². The molecule has 2 aromatic carbocycles. The smallest absolute Gasteiger partial charge is 0.123 e. The second kappa shape index (κ2) is 8.84. The number of aryl methyl sites for hydroxylation is 2. The second-order valence-electron chi connectivity index (χ2n) is 8.30. The van der Waals surface area contributed by atoms with E-state index < -0.39 is 18.2 Å². The predicted molar refractivity (Wildman–Crippen MR) is 112 cm³/mol. The Bertz CT molecular complexity index is 825. The summed E-state index contributed by atoms with van der Waals surface area (Å²) < 4.78 is 5.68. The van der Waals surface area contributed by atoms with Crippen LogP contribution in [-0.2, 0) is 25.8 Å². The highest BCUT2D eigenvalue weighted by Gasteiger charge is 2.47. The van der Waals surface area contributed by atoms with E-state index in [9.17, 15) is 15.3 Å². The number of fused-ring (bicyclic) bond motifs is 1. The van der Waals surface area contributed by atoms with Crippen molar-refractivity contribution in [2.45, 2.75) is 62.9 Å². The second-order valence-corrected chi connectivity index (χ2v) is 8.30. The van der Waals surface area contributed by atoms with Gasteiger partial charge in [-0.05, 0) is 54.9 Å². The molecular formula is C24H31NO4. The van der Waals surface area contributed by atoms with Crippen molar-refractivity contribution in [3.8, 4) is 5.75 Å². The number of likely N-dealkylation sites (tertiary alicyclic amines) is 1. The van der Waals surface area contributed by atoms with Crippen LogP contribution in [0.1, 0.15) is 35.1 Å². The van der Waals surface area contributed by atoms with Gasteiger partial charge >= 0.3 is 0 Å². The van der Waals surface area contributed by atoms with E-state index in [1.165, 1.54) is 24.0 Å². The Morgan fingerprint density at radius 2 is 1.62 bits per heavy atom. The lowest BCUT2D eigenvalue weighted by atomic mass is 9.89. The fourth-order valence-electron chi connectivity index (χ4n) is 4.96. The normalized spacial score (nSPS) is 27.0. The van der Waals surface area contributed by atoms with Crippen LogP contribution in [-0.4, -0.2) is 58.2 Å². The van der Waals surface area contributed by atoms with Crippen molar-refractivity contribution in [1.82, 2.24) is 4.90 Å². The molecule has 156 valence electrons. The number of methoxy groups -OCH3 is 1. The molecule has 0 bridgehead atoms. The predicted octanol–water partition coefficient (Wildman–Crippen LogP) is 2.08. The third-order valence-electron chi connectivity index (χ3n) is 6.56. The van der Waals surface area contributed by atoms with Gasteiger partial charge in [0, 0.05) is 18.2 Å². The molecule has 0 aromatic heterocycles.